The summed E-state index contributed by atoms with van der Waals surface area (Å²) in [5.74, 6) is 0.218. The van der Waals surface area contributed by atoms with Crippen molar-refractivity contribution < 1.29 is 6.11 Å². The molecular formula is C10H8BrN7O2S. The lowest BCUT2D eigenvalue weighted by molar-refractivity contribution is 0.302. The molecule has 3 aromatic rings. The van der Waals surface area contributed by atoms with E-state index >= 15 is 0 Å². The van der Waals surface area contributed by atoms with Gasteiger partial charge in [0.2, 0.25) is 0 Å². The molecule has 0 radical (unpaired) electrons. The van der Waals surface area contributed by atoms with Crippen molar-refractivity contribution in [3.8, 4) is 11.0 Å². The zero-order valence-corrected chi connectivity index (χ0v) is 13.0. The quantitative estimate of drug-likeness (QED) is 0.659. The highest BCUT2D eigenvalue weighted by Gasteiger charge is 2.17. The summed E-state index contributed by atoms with van der Waals surface area (Å²) in [5, 5.41) is 17.0. The van der Waals surface area contributed by atoms with Gasteiger partial charge in [0, 0.05) is 23.1 Å². The van der Waals surface area contributed by atoms with Gasteiger partial charge in [0.1, 0.15) is 6.61 Å². The van der Waals surface area contributed by atoms with Gasteiger partial charge in [-0.05, 0) is 26.4 Å². The number of hydrogen-bond donors (Lipinski definition) is 0. The van der Waals surface area contributed by atoms with Crippen LogP contribution in [0.2, 0.25) is 0 Å². The van der Waals surface area contributed by atoms with Crippen LogP contribution in [0.15, 0.2) is 27.0 Å². The Morgan fingerprint density at radius 1 is 1.52 bits per heavy atom. The Morgan fingerprint density at radius 2 is 2.38 bits per heavy atom. The predicted octanol–water partition coefficient (Wildman–Crippen LogP) is 0.554. The highest BCUT2D eigenvalue weighted by atomic mass is 79.9. The van der Waals surface area contributed by atoms with Crippen LogP contribution in [0.3, 0.4) is 0 Å². The number of aromatic nitrogens is 7. The zero-order chi connectivity index (χ0) is 15.7. The predicted molar refractivity (Wildman–Crippen MR) is 76.3 cm³/mol. The van der Waals surface area contributed by atoms with Crippen molar-refractivity contribution in [3.63, 3.8) is 0 Å². The van der Waals surface area contributed by atoms with Crippen LogP contribution in [0.25, 0.3) is 5.82 Å². The summed E-state index contributed by atoms with van der Waals surface area (Å²) in [5.41, 5.74) is 0.121. The average molecular weight is 372 g/mol. The van der Waals surface area contributed by atoms with Crippen LogP contribution in [0, 0.1) is 0 Å². The fourth-order valence-electron chi connectivity index (χ4n) is 1.51. The molecule has 3 rings (SSSR count). The van der Waals surface area contributed by atoms with E-state index in [9.17, 15) is 4.79 Å². The van der Waals surface area contributed by atoms with E-state index in [1.54, 1.807) is 5.38 Å². The van der Waals surface area contributed by atoms with Crippen LogP contribution in [0.4, 0.5) is 0 Å². The smallest absolute Gasteiger partial charge is 0.369 e. The molecule has 108 valence electrons. The molecule has 0 N–H and O–H groups in total. The maximum absolute atomic E-state index is 12.0. The number of aryl methyl sites for hydroxylation is 1. The van der Waals surface area contributed by atoms with Gasteiger partial charge in [-0.3, -0.25) is 0 Å². The summed E-state index contributed by atoms with van der Waals surface area (Å²) in [6.45, 7) is 0.0847. The van der Waals surface area contributed by atoms with Crippen LogP contribution in [0.1, 0.15) is 6.93 Å². The summed E-state index contributed by atoms with van der Waals surface area (Å²) in [7, 11) is 1.48. The molecule has 0 aromatic carbocycles. The highest BCUT2D eigenvalue weighted by Crippen LogP contribution is 2.22. The van der Waals surface area contributed by atoms with Crippen molar-refractivity contribution in [2.24, 2.45) is 7.05 Å². The number of tetrazole rings is 1. The molecule has 0 fully saturated rings. The first kappa shape index (κ1) is 12.6. The van der Waals surface area contributed by atoms with E-state index in [1.807, 2.05) is 0 Å². The van der Waals surface area contributed by atoms with Crippen molar-refractivity contribution in [2.45, 2.75) is 6.61 Å². The van der Waals surface area contributed by atoms with Crippen LogP contribution in [0.5, 0.6) is 5.19 Å². The van der Waals surface area contributed by atoms with Crippen LogP contribution < -0.4 is 10.4 Å². The Hall–Kier alpha value is -2.14. The standard InChI is InChI=1S/C10H8BrN7O2S/c1-17-10(19)18(16-15-17)8-6(7(11)4-13-14-8)5-20-9-12-2-3-21-9/h2-4H,5H2,1H3/i2T. The molecule has 0 atom stereocenters. The zero-order valence-electron chi connectivity index (χ0n) is 11.6. The van der Waals surface area contributed by atoms with Crippen molar-refractivity contribution in [2.75, 3.05) is 0 Å². The van der Waals surface area contributed by atoms with E-state index in [2.05, 4.69) is 41.5 Å². The first-order valence-electron chi connectivity index (χ1n) is 6.10. The van der Waals surface area contributed by atoms with Crippen LogP contribution in [-0.4, -0.2) is 35.0 Å². The Balaban J connectivity index is 1.96. The third-order valence-electron chi connectivity index (χ3n) is 2.51. The minimum Gasteiger partial charge on any atom is -0.465 e. The van der Waals surface area contributed by atoms with Crippen molar-refractivity contribution in [1.82, 2.24) is 35.0 Å². The molecule has 0 spiro atoms. The van der Waals surface area contributed by atoms with E-state index in [0.717, 1.165) is 9.36 Å². The van der Waals surface area contributed by atoms with Gasteiger partial charge in [-0.1, -0.05) is 11.3 Å². The lowest BCUT2D eigenvalue weighted by Gasteiger charge is -2.08. The average Bonchev–Trinajstić information content (AvgIpc) is 3.05. The van der Waals surface area contributed by atoms with Crippen LogP contribution >= 0.6 is 27.3 Å². The molecule has 3 aromatic heterocycles. The van der Waals surface area contributed by atoms with E-state index in [4.69, 9.17) is 6.11 Å². The van der Waals surface area contributed by atoms with Crippen molar-refractivity contribution >= 4 is 27.3 Å². The minimum atomic E-state index is -0.448. The van der Waals surface area contributed by atoms with E-state index in [1.165, 1.54) is 24.6 Å². The molecule has 0 bridgehead atoms. The number of hydrogen-bond acceptors (Lipinski definition) is 8. The number of rotatable bonds is 4. The summed E-state index contributed by atoms with van der Waals surface area (Å²) in [6.07, 6.45) is 1.62. The van der Waals surface area contributed by atoms with Gasteiger partial charge in [-0.2, -0.15) is 9.78 Å². The van der Waals surface area contributed by atoms with Crippen molar-refractivity contribution in [3.05, 3.63) is 38.3 Å². The van der Waals surface area contributed by atoms with Gasteiger partial charge < -0.3 is 4.74 Å². The van der Waals surface area contributed by atoms with E-state index in [0.29, 0.717) is 15.2 Å². The lowest BCUT2D eigenvalue weighted by Crippen LogP contribution is -2.24. The number of thiazole rings is 1. The molecule has 0 aliphatic heterocycles. The molecule has 0 aliphatic rings. The summed E-state index contributed by atoms with van der Waals surface area (Å²) in [4.78, 5) is 15.8. The summed E-state index contributed by atoms with van der Waals surface area (Å²) in [6, 6.07) is 0. The maximum atomic E-state index is 12.0. The second kappa shape index (κ2) is 5.69. The van der Waals surface area contributed by atoms with E-state index in [-0.39, 0.29) is 18.6 Å². The topological polar surface area (TPSA) is 101 Å². The van der Waals surface area contributed by atoms with Gasteiger partial charge in [-0.25, -0.2) is 9.78 Å². The first-order chi connectivity index (χ1) is 10.6. The van der Waals surface area contributed by atoms with Crippen molar-refractivity contribution in [1.29, 1.82) is 0 Å². The number of nitrogens with zero attached hydrogens (tertiary/aromatic N) is 7. The minimum absolute atomic E-state index is 0.0847. The maximum Gasteiger partial charge on any atom is 0.369 e. The molecule has 21 heavy (non-hydrogen) atoms. The van der Waals surface area contributed by atoms with Gasteiger partial charge in [-0.15, -0.1) is 9.78 Å². The van der Waals surface area contributed by atoms with E-state index < -0.39 is 5.69 Å². The first-order valence-corrected chi connectivity index (χ1v) is 7.28. The summed E-state index contributed by atoms with van der Waals surface area (Å²) >= 11 is 4.56. The van der Waals surface area contributed by atoms with Gasteiger partial charge >= 0.3 is 5.69 Å². The molecule has 0 saturated carbocycles. The van der Waals surface area contributed by atoms with Gasteiger partial charge in [0.25, 0.3) is 5.19 Å². The Morgan fingerprint density at radius 3 is 3.05 bits per heavy atom. The Labute approximate surface area is 131 Å². The number of halogens is 1. The molecule has 11 heteroatoms. The fourth-order valence-corrected chi connectivity index (χ4v) is 2.33. The molecular weight excluding hydrogens is 362 g/mol. The molecule has 0 aliphatic carbocycles. The number of ether oxygens (including phenoxy) is 1. The Bertz CT molecular complexity index is 876. The Kier molecular flexibility index (Phi) is 3.41. The monoisotopic (exact) mass is 371 g/mol. The van der Waals surface area contributed by atoms with Crippen LogP contribution in [-0.2, 0) is 13.7 Å². The molecule has 0 unspecified atom stereocenters. The lowest BCUT2D eigenvalue weighted by atomic mass is 10.3. The largest absolute Gasteiger partial charge is 0.465 e. The molecule has 0 saturated heterocycles. The van der Waals surface area contributed by atoms with Gasteiger partial charge in [0.05, 0.1) is 13.1 Å². The third-order valence-corrected chi connectivity index (χ3v) is 3.83. The molecule has 0 amide bonds. The van der Waals surface area contributed by atoms with Gasteiger partial charge in [0.15, 0.2) is 5.82 Å². The normalized spacial score (nSPS) is 11.4. The molecule has 9 nitrogen and oxygen atoms in total. The third kappa shape index (κ3) is 2.69. The second-order valence-electron chi connectivity index (χ2n) is 3.82. The SMILES string of the molecule is [3H]c1csc(OCc2c(Br)cnnc2-n2nnn(C)c2=O)n1. The fraction of sp³-hybridized carbons (Fsp3) is 0.200. The molecule has 3 heterocycles. The second-order valence-corrected chi connectivity index (χ2v) is 5.50. The summed E-state index contributed by atoms with van der Waals surface area (Å²) < 4.78 is 15.6. The highest BCUT2D eigenvalue weighted by molar-refractivity contribution is 9.10.